The Morgan fingerprint density at radius 1 is 1.32 bits per heavy atom. The molecular weight excluding hydrogens is 308 g/mol. The van der Waals surface area contributed by atoms with Crippen LogP contribution >= 0.6 is 15.9 Å². The van der Waals surface area contributed by atoms with Crippen molar-refractivity contribution in [1.82, 2.24) is 10.3 Å². The molecule has 4 nitrogen and oxygen atoms in total. The van der Waals surface area contributed by atoms with Gasteiger partial charge in [-0.05, 0) is 59.0 Å². The molecule has 0 fully saturated rings. The second-order valence-corrected chi connectivity index (χ2v) is 4.96. The van der Waals surface area contributed by atoms with E-state index in [0.29, 0.717) is 17.0 Å². The summed E-state index contributed by atoms with van der Waals surface area (Å²) in [6.07, 6.45) is 6.58. The maximum absolute atomic E-state index is 11.7. The summed E-state index contributed by atoms with van der Waals surface area (Å²) in [7, 11) is 0. The normalized spacial score (nSPS) is 10.4. The lowest BCUT2D eigenvalue weighted by molar-refractivity contribution is 0.0924. The molecule has 19 heavy (non-hydrogen) atoms. The summed E-state index contributed by atoms with van der Waals surface area (Å²) in [5.41, 5.74) is 1.23. The minimum atomic E-state index is -0.174. The molecule has 0 aliphatic heterocycles. The fourth-order valence-electron chi connectivity index (χ4n) is 1.73. The molecule has 5 heteroatoms. The highest BCUT2D eigenvalue weighted by Crippen LogP contribution is 2.13. The van der Waals surface area contributed by atoms with Crippen LogP contribution in [0.25, 0.3) is 0 Å². The van der Waals surface area contributed by atoms with Gasteiger partial charge in [0.1, 0.15) is 0 Å². The first-order valence-electron chi connectivity index (χ1n) is 6.18. The number of halogens is 1. The van der Waals surface area contributed by atoms with Crippen LogP contribution in [0.1, 0.15) is 29.0 Å². The third-order valence-electron chi connectivity index (χ3n) is 2.70. The molecule has 0 aliphatic carbocycles. The SMILES string of the molecule is O=C(NCCCCc1cccnc1)c1ccc(Br)o1. The summed E-state index contributed by atoms with van der Waals surface area (Å²) in [5.74, 6) is 0.159. The molecule has 1 amide bonds. The number of pyridine rings is 1. The lowest BCUT2D eigenvalue weighted by Crippen LogP contribution is -2.23. The fourth-order valence-corrected chi connectivity index (χ4v) is 2.03. The average molecular weight is 323 g/mol. The fraction of sp³-hybridized carbons (Fsp3) is 0.286. The van der Waals surface area contributed by atoms with Crippen LogP contribution in [0.5, 0.6) is 0 Å². The van der Waals surface area contributed by atoms with Crippen LogP contribution in [-0.4, -0.2) is 17.4 Å². The minimum absolute atomic E-state index is 0.174. The largest absolute Gasteiger partial charge is 0.444 e. The van der Waals surface area contributed by atoms with Gasteiger partial charge in [-0.1, -0.05) is 6.07 Å². The van der Waals surface area contributed by atoms with Crippen LogP contribution in [0.3, 0.4) is 0 Å². The average Bonchev–Trinajstić information content (AvgIpc) is 2.86. The topological polar surface area (TPSA) is 55.1 Å². The van der Waals surface area contributed by atoms with Gasteiger partial charge < -0.3 is 9.73 Å². The van der Waals surface area contributed by atoms with Crippen molar-refractivity contribution in [2.75, 3.05) is 6.54 Å². The van der Waals surface area contributed by atoms with Gasteiger partial charge >= 0.3 is 0 Å². The van der Waals surface area contributed by atoms with E-state index in [0.717, 1.165) is 19.3 Å². The summed E-state index contributed by atoms with van der Waals surface area (Å²) >= 11 is 3.17. The molecule has 0 aromatic carbocycles. The maximum Gasteiger partial charge on any atom is 0.287 e. The van der Waals surface area contributed by atoms with E-state index in [1.807, 2.05) is 12.3 Å². The van der Waals surface area contributed by atoms with E-state index < -0.39 is 0 Å². The van der Waals surface area contributed by atoms with Crippen molar-refractivity contribution in [2.24, 2.45) is 0 Å². The zero-order valence-electron chi connectivity index (χ0n) is 10.4. The van der Waals surface area contributed by atoms with Crippen molar-refractivity contribution >= 4 is 21.8 Å². The number of aryl methyl sites for hydroxylation is 1. The van der Waals surface area contributed by atoms with Crippen molar-refractivity contribution in [3.63, 3.8) is 0 Å². The molecule has 0 saturated carbocycles. The van der Waals surface area contributed by atoms with Crippen LogP contribution < -0.4 is 5.32 Å². The molecule has 2 heterocycles. The number of aromatic nitrogens is 1. The van der Waals surface area contributed by atoms with E-state index in [-0.39, 0.29) is 5.91 Å². The lowest BCUT2D eigenvalue weighted by Gasteiger charge is -2.03. The van der Waals surface area contributed by atoms with Gasteiger partial charge in [0.05, 0.1) is 0 Å². The first-order chi connectivity index (χ1) is 9.25. The van der Waals surface area contributed by atoms with Crippen molar-refractivity contribution < 1.29 is 9.21 Å². The predicted molar refractivity (Wildman–Crippen MR) is 75.9 cm³/mol. The number of furan rings is 1. The van der Waals surface area contributed by atoms with E-state index in [2.05, 4.69) is 32.3 Å². The number of carbonyl (C=O) groups is 1. The predicted octanol–water partition coefficient (Wildman–Crippen LogP) is 3.19. The Balaban J connectivity index is 1.63. The molecule has 100 valence electrons. The van der Waals surface area contributed by atoms with E-state index in [1.165, 1.54) is 5.56 Å². The Morgan fingerprint density at radius 3 is 2.89 bits per heavy atom. The number of unbranched alkanes of at least 4 members (excludes halogenated alkanes) is 1. The van der Waals surface area contributed by atoms with Crippen molar-refractivity contribution in [2.45, 2.75) is 19.3 Å². The van der Waals surface area contributed by atoms with Crippen LogP contribution in [0.4, 0.5) is 0 Å². The molecule has 0 atom stereocenters. The third kappa shape index (κ3) is 4.52. The van der Waals surface area contributed by atoms with Gasteiger partial charge in [-0.25, -0.2) is 0 Å². The van der Waals surface area contributed by atoms with Crippen molar-refractivity contribution in [3.8, 4) is 0 Å². The Morgan fingerprint density at radius 2 is 2.21 bits per heavy atom. The van der Waals surface area contributed by atoms with Crippen LogP contribution in [0, 0.1) is 0 Å². The van der Waals surface area contributed by atoms with E-state index in [4.69, 9.17) is 4.42 Å². The number of carbonyl (C=O) groups excluding carboxylic acids is 1. The highest BCUT2D eigenvalue weighted by molar-refractivity contribution is 9.10. The summed E-state index contributed by atoms with van der Waals surface area (Å²) in [4.78, 5) is 15.7. The number of nitrogens with zero attached hydrogens (tertiary/aromatic N) is 1. The molecular formula is C14H15BrN2O2. The second kappa shape index (κ2) is 7.09. The number of hydrogen-bond acceptors (Lipinski definition) is 3. The number of rotatable bonds is 6. The first-order valence-corrected chi connectivity index (χ1v) is 6.97. The molecule has 0 saturated heterocycles. The van der Waals surface area contributed by atoms with Gasteiger partial charge in [0.15, 0.2) is 10.4 Å². The minimum Gasteiger partial charge on any atom is -0.444 e. The summed E-state index contributed by atoms with van der Waals surface area (Å²) in [6.45, 7) is 0.650. The highest BCUT2D eigenvalue weighted by atomic mass is 79.9. The number of hydrogen-bond donors (Lipinski definition) is 1. The molecule has 2 rings (SSSR count). The van der Waals surface area contributed by atoms with Crippen LogP contribution in [0.15, 0.2) is 45.7 Å². The number of amides is 1. The lowest BCUT2D eigenvalue weighted by atomic mass is 10.1. The third-order valence-corrected chi connectivity index (χ3v) is 3.12. The Bertz CT molecular complexity index is 525. The van der Waals surface area contributed by atoms with E-state index in [1.54, 1.807) is 18.3 Å². The second-order valence-electron chi connectivity index (χ2n) is 4.18. The smallest absolute Gasteiger partial charge is 0.287 e. The van der Waals surface area contributed by atoms with Gasteiger partial charge in [0.25, 0.3) is 5.91 Å². The number of nitrogens with one attached hydrogen (secondary N) is 1. The van der Waals surface area contributed by atoms with Gasteiger partial charge in [0, 0.05) is 18.9 Å². The summed E-state index contributed by atoms with van der Waals surface area (Å²) in [5, 5.41) is 2.83. The summed E-state index contributed by atoms with van der Waals surface area (Å²) < 4.78 is 5.73. The molecule has 0 spiro atoms. The van der Waals surface area contributed by atoms with Gasteiger partial charge in [0.2, 0.25) is 0 Å². The van der Waals surface area contributed by atoms with Gasteiger partial charge in [-0.2, -0.15) is 0 Å². The standard InChI is InChI=1S/C14H15BrN2O2/c15-13-7-6-12(19-13)14(18)17-9-2-1-4-11-5-3-8-16-10-11/h3,5-8,10H,1-2,4,9H2,(H,17,18). The zero-order valence-corrected chi connectivity index (χ0v) is 12.0. The molecule has 0 bridgehead atoms. The molecule has 0 aliphatic rings. The monoisotopic (exact) mass is 322 g/mol. The van der Waals surface area contributed by atoms with Crippen LogP contribution in [0.2, 0.25) is 0 Å². The zero-order chi connectivity index (χ0) is 13.5. The van der Waals surface area contributed by atoms with E-state index in [9.17, 15) is 4.79 Å². The van der Waals surface area contributed by atoms with E-state index >= 15 is 0 Å². The van der Waals surface area contributed by atoms with Gasteiger partial charge in [-0.15, -0.1) is 0 Å². The quantitative estimate of drug-likeness (QED) is 0.831. The van der Waals surface area contributed by atoms with Crippen molar-refractivity contribution in [3.05, 3.63) is 52.7 Å². The van der Waals surface area contributed by atoms with Crippen molar-refractivity contribution in [1.29, 1.82) is 0 Å². The highest BCUT2D eigenvalue weighted by Gasteiger charge is 2.08. The Labute approximate surface area is 120 Å². The Kier molecular flexibility index (Phi) is 5.15. The molecule has 1 N–H and O–H groups in total. The molecule has 0 unspecified atom stereocenters. The summed E-state index contributed by atoms with van der Waals surface area (Å²) in [6, 6.07) is 7.35. The van der Waals surface area contributed by atoms with Crippen LogP contribution in [-0.2, 0) is 6.42 Å². The Hall–Kier alpha value is -1.62. The molecule has 2 aromatic rings. The molecule has 2 aromatic heterocycles. The first kappa shape index (κ1) is 13.8. The van der Waals surface area contributed by atoms with Gasteiger partial charge in [-0.3, -0.25) is 9.78 Å². The maximum atomic E-state index is 11.7. The molecule has 0 radical (unpaired) electrons.